The molecule has 5 aliphatic carbocycles. The van der Waals surface area contributed by atoms with Crippen molar-refractivity contribution in [3.8, 4) is 0 Å². The van der Waals surface area contributed by atoms with Crippen LogP contribution in [0.2, 0.25) is 0 Å². The van der Waals surface area contributed by atoms with Crippen LogP contribution in [0.5, 0.6) is 0 Å². The highest BCUT2D eigenvalue weighted by Gasteiger charge is 2.84. The van der Waals surface area contributed by atoms with Crippen molar-refractivity contribution in [1.82, 2.24) is 9.80 Å². The predicted octanol–water partition coefficient (Wildman–Crippen LogP) is 7.28. The summed E-state index contributed by atoms with van der Waals surface area (Å²) in [4.78, 5) is 29.6. The Morgan fingerprint density at radius 1 is 0.923 bits per heavy atom. The molecule has 14 atom stereocenters. The van der Waals surface area contributed by atoms with Crippen LogP contribution in [0.3, 0.4) is 0 Å². The first-order chi connectivity index (χ1) is 24.5. The van der Waals surface area contributed by atoms with Gasteiger partial charge in [0, 0.05) is 31.5 Å². The van der Waals surface area contributed by atoms with Crippen LogP contribution in [-0.2, 0) is 23.7 Å². The number of hydrogen-bond donors (Lipinski definition) is 1. The van der Waals surface area contributed by atoms with E-state index >= 15 is 0 Å². The molecule has 9 nitrogen and oxygen atoms in total. The molecule has 52 heavy (non-hydrogen) atoms. The van der Waals surface area contributed by atoms with Crippen LogP contribution in [0.1, 0.15) is 127 Å². The molecule has 8 fully saturated rings. The number of ether oxygens (including phenoxy) is 4. The van der Waals surface area contributed by atoms with Gasteiger partial charge in [-0.15, -0.1) is 0 Å². The lowest BCUT2D eigenvalue weighted by Crippen LogP contribution is -2.60. The highest BCUT2D eigenvalue weighted by atomic mass is 16.7. The Kier molecular flexibility index (Phi) is 9.24. The fraction of sp³-hybridized carbons (Fsp3) is 0.953. The maximum Gasteiger partial charge on any atom is 0.410 e. The van der Waals surface area contributed by atoms with E-state index in [1.54, 1.807) is 4.90 Å². The molecule has 3 aliphatic heterocycles. The van der Waals surface area contributed by atoms with Gasteiger partial charge >= 0.3 is 6.09 Å². The summed E-state index contributed by atoms with van der Waals surface area (Å²) in [6.07, 6.45) is 8.86. The molecule has 0 radical (unpaired) electrons. The van der Waals surface area contributed by atoms with E-state index in [2.05, 4.69) is 62.3 Å². The van der Waals surface area contributed by atoms with Crippen LogP contribution in [0.15, 0.2) is 0 Å². The minimum absolute atomic E-state index is 0.00553. The van der Waals surface area contributed by atoms with E-state index in [-0.39, 0.29) is 76.2 Å². The maximum atomic E-state index is 13.0. The molecule has 1 N–H and O–H groups in total. The molecular formula is C43H70N2O7. The zero-order valence-corrected chi connectivity index (χ0v) is 33.8. The van der Waals surface area contributed by atoms with Gasteiger partial charge < -0.3 is 33.9 Å². The van der Waals surface area contributed by atoms with Gasteiger partial charge in [-0.3, -0.25) is 4.79 Å². The third-order valence-electron chi connectivity index (χ3n) is 17.4. The molecule has 3 saturated heterocycles. The molecule has 0 aromatic heterocycles. The summed E-state index contributed by atoms with van der Waals surface area (Å²) >= 11 is 0. The molecule has 0 aromatic carbocycles. The molecule has 5 saturated carbocycles. The largest absolute Gasteiger partial charge is 0.443 e. The summed E-state index contributed by atoms with van der Waals surface area (Å²) in [5, 5.41) is 12.7. The number of aliphatic hydroxyl groups is 1. The fourth-order valence-corrected chi connectivity index (χ4v) is 14.7. The average Bonchev–Trinajstić information content (AvgIpc) is 3.68. The minimum atomic E-state index is -0.541. The summed E-state index contributed by atoms with van der Waals surface area (Å²) in [7, 11) is 0. The van der Waals surface area contributed by atoms with Gasteiger partial charge in [-0.1, -0.05) is 62.3 Å². The summed E-state index contributed by atoms with van der Waals surface area (Å²) in [6, 6.07) is 0. The van der Waals surface area contributed by atoms with Crippen molar-refractivity contribution >= 4 is 12.0 Å². The molecule has 3 heterocycles. The number of likely N-dealkylation sites (tertiary alicyclic amines) is 1. The smallest absolute Gasteiger partial charge is 0.410 e. The van der Waals surface area contributed by atoms with Crippen molar-refractivity contribution in [2.45, 2.75) is 163 Å². The number of rotatable bonds is 7. The van der Waals surface area contributed by atoms with Crippen LogP contribution in [0.4, 0.5) is 4.79 Å². The van der Waals surface area contributed by atoms with E-state index in [1.807, 2.05) is 4.90 Å². The Balaban J connectivity index is 0.994. The first-order valence-electron chi connectivity index (χ1n) is 21.3. The summed E-state index contributed by atoms with van der Waals surface area (Å²) < 4.78 is 26.2. The Labute approximate surface area is 313 Å². The van der Waals surface area contributed by atoms with Crippen LogP contribution in [0, 0.1) is 62.6 Å². The van der Waals surface area contributed by atoms with Gasteiger partial charge in [-0.2, -0.15) is 0 Å². The summed E-state index contributed by atoms with van der Waals surface area (Å²) in [5.41, 5.74) is 0.307. The zero-order chi connectivity index (χ0) is 37.2. The predicted molar refractivity (Wildman–Crippen MR) is 198 cm³/mol. The highest BCUT2D eigenvalue weighted by molar-refractivity contribution is 5.76. The second kappa shape index (κ2) is 12.8. The van der Waals surface area contributed by atoms with Crippen LogP contribution >= 0.6 is 0 Å². The molecule has 8 unspecified atom stereocenters. The van der Waals surface area contributed by atoms with E-state index < -0.39 is 6.10 Å². The Morgan fingerprint density at radius 3 is 2.31 bits per heavy atom. The van der Waals surface area contributed by atoms with Crippen molar-refractivity contribution in [3.05, 3.63) is 0 Å². The molecule has 294 valence electrons. The lowest BCUT2D eigenvalue weighted by atomic mass is 9.41. The molecule has 9 heteroatoms. The van der Waals surface area contributed by atoms with Gasteiger partial charge in [-0.05, 0) is 115 Å². The first kappa shape index (κ1) is 37.5. The number of carbonyl (C=O) groups is 2. The van der Waals surface area contributed by atoms with Crippen LogP contribution in [0.25, 0.3) is 0 Å². The summed E-state index contributed by atoms with van der Waals surface area (Å²) in [6.45, 7) is 23.9. The van der Waals surface area contributed by atoms with Crippen molar-refractivity contribution in [2.24, 2.45) is 62.6 Å². The van der Waals surface area contributed by atoms with E-state index in [9.17, 15) is 14.7 Å². The molecular weight excluding hydrogens is 656 g/mol. The lowest BCUT2D eigenvalue weighted by molar-refractivity contribution is -0.248. The Morgan fingerprint density at radius 2 is 1.63 bits per heavy atom. The van der Waals surface area contributed by atoms with E-state index in [1.165, 1.54) is 25.7 Å². The Bertz CT molecular complexity index is 1400. The number of fused-ring (bicyclic) bond motifs is 4. The van der Waals surface area contributed by atoms with Gasteiger partial charge in [0.05, 0.1) is 37.6 Å². The number of aliphatic hydroxyl groups excluding tert-OH is 1. The molecule has 0 aromatic rings. The normalized spacial score (nSPS) is 48.1. The second-order valence-electron chi connectivity index (χ2n) is 20.9. The molecule has 8 rings (SSSR count). The second-order valence-corrected chi connectivity index (χ2v) is 20.9. The van der Waals surface area contributed by atoms with Gasteiger partial charge in [-0.25, -0.2) is 4.79 Å². The monoisotopic (exact) mass is 727 g/mol. The van der Waals surface area contributed by atoms with Gasteiger partial charge in [0.15, 0.2) is 6.29 Å². The number of hydrogen-bond acceptors (Lipinski definition) is 7. The lowest BCUT2D eigenvalue weighted by Gasteiger charge is -2.64. The summed E-state index contributed by atoms with van der Waals surface area (Å²) in [5.74, 6) is 2.38. The molecule has 2 spiro atoms. The number of nitrogens with zero attached hydrogens (tertiary/aromatic N) is 2. The molecule has 2 amide bonds. The number of morpholine rings is 1. The van der Waals surface area contributed by atoms with Gasteiger partial charge in [0.1, 0.15) is 6.10 Å². The van der Waals surface area contributed by atoms with Crippen molar-refractivity contribution in [2.75, 3.05) is 32.8 Å². The fourth-order valence-electron chi connectivity index (χ4n) is 14.7. The van der Waals surface area contributed by atoms with Crippen molar-refractivity contribution < 1.29 is 33.6 Å². The van der Waals surface area contributed by atoms with Crippen LogP contribution < -0.4 is 0 Å². The molecule has 0 bridgehead atoms. The van der Waals surface area contributed by atoms with Crippen molar-refractivity contribution in [3.63, 3.8) is 0 Å². The van der Waals surface area contributed by atoms with Gasteiger partial charge in [0.2, 0.25) is 5.91 Å². The van der Waals surface area contributed by atoms with E-state index in [0.29, 0.717) is 55.2 Å². The maximum absolute atomic E-state index is 13.0. The highest BCUT2D eigenvalue weighted by Crippen LogP contribution is 2.89. The zero-order valence-electron chi connectivity index (χ0n) is 33.8. The average molecular weight is 727 g/mol. The Hall–Kier alpha value is -1.42. The first-order valence-corrected chi connectivity index (χ1v) is 21.3. The molecule has 8 aliphatic rings. The van der Waals surface area contributed by atoms with E-state index in [0.717, 1.165) is 45.2 Å². The van der Waals surface area contributed by atoms with E-state index in [4.69, 9.17) is 18.9 Å². The van der Waals surface area contributed by atoms with Gasteiger partial charge in [0.25, 0.3) is 0 Å². The standard InChI is InChI=1S/C43H70N2O7/c1-25(2)21-32(46)45-19-20-49-33(23-45)51-31-13-14-42-24-43(42)16-15-40(8)34-27(5)22-28(35(26(3)4)52-38(48)44-17-10-18-44)50-36(34)37(47)41(40,9)30(43)12-11-29(42)39(31,6)7/h25-31,33-37,47H,10-24H2,1-9H3/t27-,28?,29+,30?,31?,33?,34+,35-,36?,37+,40?,41-,42?,43?/m1/s1. The number of carbonyl (C=O) groups excluding carboxylic acids is 2. The topological polar surface area (TPSA) is 97.8 Å². The SMILES string of the molecule is CC(C)CC(=O)N1CCOC(OC2CCC34CC35CCC3(C)[C@@H]6C(OC([C@H](OC(=O)N7CCC7)C(C)C)C[C@H]6C)[C@H](O)[C@@]3(C)C5CC[C@H]4C2(C)C)C1. The number of amides is 2. The quantitative estimate of drug-likeness (QED) is 0.295. The minimum Gasteiger partial charge on any atom is -0.443 e. The third-order valence-corrected chi connectivity index (χ3v) is 17.4. The van der Waals surface area contributed by atoms with Crippen LogP contribution in [-0.4, -0.2) is 96.5 Å². The van der Waals surface area contributed by atoms with Crippen molar-refractivity contribution in [1.29, 1.82) is 0 Å². The third kappa shape index (κ3) is 5.26.